The fourth-order valence-electron chi connectivity index (χ4n) is 3.65. The number of Topliss-reactive ketones (excluding diaryl/α,β-unsaturated/α-hetero) is 1. The number of nitrogens with zero attached hydrogens (tertiary/aromatic N) is 1. The second-order valence-corrected chi connectivity index (χ2v) is 7.95. The molecule has 0 spiro atoms. The number of benzene rings is 3. The van der Waals surface area contributed by atoms with E-state index in [1.54, 1.807) is 42.5 Å². The highest BCUT2D eigenvalue weighted by Gasteiger charge is 2.38. The summed E-state index contributed by atoms with van der Waals surface area (Å²) in [7, 11) is 0. The molecule has 172 valence electrons. The summed E-state index contributed by atoms with van der Waals surface area (Å²) in [6.07, 6.45) is 0. The first-order valence-corrected chi connectivity index (χ1v) is 10.9. The highest BCUT2D eigenvalue weighted by molar-refractivity contribution is 6.39. The lowest BCUT2D eigenvalue weighted by molar-refractivity contribution is 0.0469. The van der Waals surface area contributed by atoms with Gasteiger partial charge in [0.15, 0.2) is 5.78 Å². The van der Waals surface area contributed by atoms with Crippen LogP contribution in [0.2, 0.25) is 5.02 Å². The minimum Gasteiger partial charge on any atom is -0.493 e. The number of anilines is 1. The van der Waals surface area contributed by atoms with Crippen molar-refractivity contribution < 1.29 is 28.7 Å². The van der Waals surface area contributed by atoms with Crippen molar-refractivity contribution in [1.82, 2.24) is 0 Å². The van der Waals surface area contributed by atoms with E-state index in [0.717, 1.165) is 4.90 Å². The van der Waals surface area contributed by atoms with Crippen LogP contribution in [0.15, 0.2) is 60.7 Å². The number of carbonyl (C=O) groups is 4. The molecule has 7 nitrogen and oxygen atoms in total. The number of esters is 1. The zero-order chi connectivity index (χ0) is 24.4. The molecule has 0 aromatic heterocycles. The van der Waals surface area contributed by atoms with E-state index in [1.807, 2.05) is 6.92 Å². The van der Waals surface area contributed by atoms with Gasteiger partial charge in [-0.25, -0.2) is 9.69 Å². The Hall–Kier alpha value is -3.97. The first-order chi connectivity index (χ1) is 16.3. The highest BCUT2D eigenvalue weighted by Crippen LogP contribution is 2.33. The fraction of sp³-hybridized carbons (Fsp3) is 0.154. The quantitative estimate of drug-likeness (QED) is 0.267. The zero-order valence-electron chi connectivity index (χ0n) is 18.5. The molecule has 0 atom stereocenters. The largest absolute Gasteiger partial charge is 0.493 e. The van der Waals surface area contributed by atoms with Crippen molar-refractivity contribution in [2.45, 2.75) is 20.5 Å². The normalized spacial score (nSPS) is 12.5. The second-order valence-electron chi connectivity index (χ2n) is 7.55. The molecule has 0 saturated heterocycles. The van der Waals surface area contributed by atoms with Crippen molar-refractivity contribution in [3.05, 3.63) is 93.5 Å². The molecule has 1 heterocycles. The second kappa shape index (κ2) is 9.49. The molecule has 1 aliphatic heterocycles. The van der Waals surface area contributed by atoms with Crippen LogP contribution >= 0.6 is 11.6 Å². The summed E-state index contributed by atoms with van der Waals surface area (Å²) in [5.41, 5.74) is 1.66. The van der Waals surface area contributed by atoms with Gasteiger partial charge < -0.3 is 9.47 Å². The average molecular weight is 478 g/mol. The summed E-state index contributed by atoms with van der Waals surface area (Å²) in [5.74, 6) is -1.40. The number of ether oxygens (including phenoxy) is 2. The number of hydrogen-bond donors (Lipinski definition) is 0. The van der Waals surface area contributed by atoms with E-state index < -0.39 is 17.8 Å². The van der Waals surface area contributed by atoms with E-state index in [4.69, 9.17) is 21.1 Å². The van der Waals surface area contributed by atoms with Gasteiger partial charge in [-0.15, -0.1) is 0 Å². The van der Waals surface area contributed by atoms with Gasteiger partial charge in [0.2, 0.25) is 0 Å². The molecule has 4 rings (SSSR count). The summed E-state index contributed by atoms with van der Waals surface area (Å²) in [6, 6.07) is 15.6. The van der Waals surface area contributed by atoms with Gasteiger partial charge in [-0.2, -0.15) is 0 Å². The van der Waals surface area contributed by atoms with Gasteiger partial charge >= 0.3 is 5.97 Å². The van der Waals surface area contributed by atoms with Crippen LogP contribution in [-0.2, 0) is 11.3 Å². The molecule has 3 aromatic rings. The first-order valence-electron chi connectivity index (χ1n) is 10.5. The topological polar surface area (TPSA) is 90.0 Å². The van der Waals surface area contributed by atoms with Crippen molar-refractivity contribution in [3.8, 4) is 5.75 Å². The van der Waals surface area contributed by atoms with Crippen LogP contribution in [0.1, 0.15) is 60.8 Å². The molecule has 0 N–H and O–H groups in total. The molecular weight excluding hydrogens is 458 g/mol. The molecule has 0 saturated carbocycles. The predicted octanol–water partition coefficient (Wildman–Crippen LogP) is 5.10. The van der Waals surface area contributed by atoms with Gasteiger partial charge in [0.05, 0.1) is 34.0 Å². The van der Waals surface area contributed by atoms with E-state index in [0.29, 0.717) is 23.5 Å². The minimum atomic E-state index is -0.685. The van der Waals surface area contributed by atoms with Gasteiger partial charge in [0, 0.05) is 11.1 Å². The summed E-state index contributed by atoms with van der Waals surface area (Å²) in [6.45, 7) is 3.54. The number of carbonyl (C=O) groups excluding carboxylic acids is 4. The third-order valence-electron chi connectivity index (χ3n) is 5.34. The molecule has 2 amide bonds. The lowest BCUT2D eigenvalue weighted by Crippen LogP contribution is -2.29. The zero-order valence-corrected chi connectivity index (χ0v) is 19.2. The van der Waals surface area contributed by atoms with Crippen molar-refractivity contribution >= 4 is 40.9 Å². The number of ketones is 1. The van der Waals surface area contributed by atoms with Crippen LogP contribution in [0.3, 0.4) is 0 Å². The Morgan fingerprint density at radius 1 is 0.912 bits per heavy atom. The van der Waals surface area contributed by atoms with Crippen LogP contribution in [0.4, 0.5) is 5.69 Å². The van der Waals surface area contributed by atoms with E-state index >= 15 is 0 Å². The van der Waals surface area contributed by atoms with E-state index in [-0.39, 0.29) is 39.8 Å². The molecule has 0 bridgehead atoms. The highest BCUT2D eigenvalue weighted by atomic mass is 35.5. The standard InChI is InChI=1S/C26H20ClNO6/c1-3-33-23-11-9-16(15(2)29)12-18(23)14-34-26(32)17-8-10-19-20(13-17)25(31)28(24(19)30)22-7-5-4-6-21(22)27/h4-13H,3,14H2,1-2H3. The Kier molecular flexibility index (Phi) is 6.47. The van der Waals surface area contributed by atoms with E-state index in [1.165, 1.54) is 25.1 Å². The maximum atomic E-state index is 13.0. The van der Waals surface area contributed by atoms with E-state index in [2.05, 4.69) is 0 Å². The molecular formula is C26H20ClNO6. The molecule has 0 unspecified atom stereocenters. The van der Waals surface area contributed by atoms with Crippen LogP contribution < -0.4 is 9.64 Å². The Bertz CT molecular complexity index is 1330. The monoisotopic (exact) mass is 477 g/mol. The maximum absolute atomic E-state index is 13.0. The van der Waals surface area contributed by atoms with Gasteiger partial charge in [0.25, 0.3) is 11.8 Å². The van der Waals surface area contributed by atoms with Gasteiger partial charge in [-0.1, -0.05) is 23.7 Å². The molecule has 1 aliphatic rings. The number of amides is 2. The Morgan fingerprint density at radius 3 is 2.32 bits per heavy atom. The number of imide groups is 1. The van der Waals surface area contributed by atoms with Crippen molar-refractivity contribution in [3.63, 3.8) is 0 Å². The number of hydrogen-bond acceptors (Lipinski definition) is 6. The number of halogens is 1. The third kappa shape index (κ3) is 4.30. The Balaban J connectivity index is 1.56. The molecule has 3 aromatic carbocycles. The lowest BCUT2D eigenvalue weighted by Gasteiger charge is -2.15. The number of fused-ring (bicyclic) bond motifs is 1. The molecule has 0 radical (unpaired) electrons. The molecule has 8 heteroatoms. The van der Waals surface area contributed by atoms with Crippen LogP contribution in [0.25, 0.3) is 0 Å². The number of para-hydroxylation sites is 1. The molecule has 0 aliphatic carbocycles. The van der Waals surface area contributed by atoms with Crippen molar-refractivity contribution in [2.24, 2.45) is 0 Å². The van der Waals surface area contributed by atoms with Crippen molar-refractivity contribution in [2.75, 3.05) is 11.5 Å². The van der Waals surface area contributed by atoms with Gasteiger partial charge in [-0.05, 0) is 62.4 Å². The fourth-order valence-corrected chi connectivity index (χ4v) is 3.87. The predicted molar refractivity (Wildman–Crippen MR) is 126 cm³/mol. The van der Waals surface area contributed by atoms with Crippen molar-refractivity contribution in [1.29, 1.82) is 0 Å². The summed E-state index contributed by atoms with van der Waals surface area (Å²) < 4.78 is 11.0. The van der Waals surface area contributed by atoms with E-state index in [9.17, 15) is 19.2 Å². The van der Waals surface area contributed by atoms with Crippen LogP contribution in [-0.4, -0.2) is 30.2 Å². The van der Waals surface area contributed by atoms with Gasteiger partial charge in [0.1, 0.15) is 12.4 Å². The first kappa shape index (κ1) is 23.2. The lowest BCUT2D eigenvalue weighted by atomic mass is 10.1. The average Bonchev–Trinajstić information content (AvgIpc) is 3.08. The summed E-state index contributed by atoms with van der Waals surface area (Å²) in [4.78, 5) is 51.3. The van der Waals surface area contributed by atoms with Crippen LogP contribution in [0, 0.1) is 0 Å². The van der Waals surface area contributed by atoms with Gasteiger partial charge in [-0.3, -0.25) is 14.4 Å². The third-order valence-corrected chi connectivity index (χ3v) is 5.66. The molecule has 0 fully saturated rings. The Labute approximate surface area is 200 Å². The summed E-state index contributed by atoms with van der Waals surface area (Å²) in [5, 5.41) is 0.259. The van der Waals surface area contributed by atoms with Crippen LogP contribution in [0.5, 0.6) is 5.75 Å². The summed E-state index contributed by atoms with van der Waals surface area (Å²) >= 11 is 6.17. The smallest absolute Gasteiger partial charge is 0.338 e. The molecule has 34 heavy (non-hydrogen) atoms. The Morgan fingerprint density at radius 2 is 1.62 bits per heavy atom. The number of rotatable bonds is 7. The maximum Gasteiger partial charge on any atom is 0.338 e. The minimum absolute atomic E-state index is 0.0907. The SMILES string of the molecule is CCOc1ccc(C(C)=O)cc1COC(=O)c1ccc2c(c1)C(=O)N(c1ccccc1Cl)C2=O.